The topological polar surface area (TPSA) is 196 Å². The number of hydrogen-bond donors (Lipinski definition) is 4. The van der Waals surface area contributed by atoms with Gasteiger partial charge in [-0.1, -0.05) is 41.5 Å². The van der Waals surface area contributed by atoms with Crippen molar-refractivity contribution in [2.75, 3.05) is 86.3 Å². The molecule has 0 spiro atoms. The number of aromatic nitrogens is 4. The van der Waals surface area contributed by atoms with Crippen LogP contribution in [0.3, 0.4) is 0 Å². The number of nitrogens with one attached hydrogen (secondary N) is 3. The molecule has 2 aliphatic heterocycles. The van der Waals surface area contributed by atoms with Crippen LogP contribution in [0.5, 0.6) is 11.5 Å². The summed E-state index contributed by atoms with van der Waals surface area (Å²) in [5, 5.41) is 9.24. The summed E-state index contributed by atoms with van der Waals surface area (Å²) in [7, 11) is 4.50. The average Bonchev–Trinajstić information content (AvgIpc) is 3.97. The van der Waals surface area contributed by atoms with Gasteiger partial charge in [0.25, 0.3) is 0 Å². The number of aryl methyl sites for hydroxylation is 1. The summed E-state index contributed by atoms with van der Waals surface area (Å²) in [6.45, 7) is 11.7. The van der Waals surface area contributed by atoms with E-state index < -0.39 is 35.6 Å². The molecule has 2 aromatic carbocycles. The molecule has 364 valence electrons. The highest BCUT2D eigenvalue weighted by Gasteiger charge is 2.49. The van der Waals surface area contributed by atoms with Crippen molar-refractivity contribution >= 4 is 86.3 Å². The summed E-state index contributed by atoms with van der Waals surface area (Å²) in [6, 6.07) is 12.8. The molecule has 5 heterocycles. The first kappa shape index (κ1) is 51.2. The Kier molecular flexibility index (Phi) is 16.5. The predicted molar refractivity (Wildman–Crippen MR) is 260 cm³/mol. The lowest BCUT2D eigenvalue weighted by molar-refractivity contribution is -0.181. The van der Waals surface area contributed by atoms with E-state index in [1.54, 1.807) is 32.2 Å². The summed E-state index contributed by atoms with van der Waals surface area (Å²) in [5.74, 6) is 0.975. The number of pyridine rings is 1. The van der Waals surface area contributed by atoms with Gasteiger partial charge in [-0.05, 0) is 82.1 Å². The molecule has 5 amide bonds. The summed E-state index contributed by atoms with van der Waals surface area (Å²) in [5.41, 5.74) is 6.46. The molecule has 5 N–H and O–H groups in total. The number of nitrogens with two attached hydrogens (primary N) is 1. The van der Waals surface area contributed by atoms with Gasteiger partial charge in [0.05, 0.1) is 36.2 Å². The Bertz CT molecular complexity index is 2570. The summed E-state index contributed by atoms with van der Waals surface area (Å²) in [4.78, 5) is 62.0. The number of rotatable bonds is 12. The summed E-state index contributed by atoms with van der Waals surface area (Å²) >= 11 is 13.9. The SMILES string of the molecule is CCN1CCN(c2ccc(Nc3cc(N(C)C(=O)Nc4c(Cl)c(OC)cc(OC)c4Cl)ncn3)cc2)CC1.Cc1nc(NC(=O)N2CCC[C@H]2C(N)=O)sc1-c1ccnc(C(C)(C)C(F)(F)F)c1. The Morgan fingerprint density at radius 3 is 2.19 bits per heavy atom. The molecule has 0 unspecified atom stereocenters. The zero-order valence-corrected chi connectivity index (χ0v) is 40.8. The molecule has 1 atom stereocenters. The molecule has 17 nitrogen and oxygen atoms in total. The van der Waals surface area contributed by atoms with Crippen molar-refractivity contribution in [3.63, 3.8) is 0 Å². The first-order chi connectivity index (χ1) is 32.3. The third-order valence-electron chi connectivity index (χ3n) is 11.7. The number of thiazole rings is 1. The number of carbonyl (C=O) groups is 3. The number of alkyl halides is 3. The van der Waals surface area contributed by atoms with Crippen LogP contribution >= 0.6 is 34.5 Å². The lowest BCUT2D eigenvalue weighted by Gasteiger charge is -2.35. The second-order valence-corrected chi connectivity index (χ2v) is 18.1. The van der Waals surface area contributed by atoms with Crippen LogP contribution < -0.4 is 41.0 Å². The van der Waals surface area contributed by atoms with E-state index >= 15 is 0 Å². The van der Waals surface area contributed by atoms with Crippen molar-refractivity contribution in [2.24, 2.45) is 5.73 Å². The van der Waals surface area contributed by atoms with Crippen LogP contribution in [-0.2, 0) is 10.2 Å². The average molecular weight is 1000 g/mol. The summed E-state index contributed by atoms with van der Waals surface area (Å²) < 4.78 is 50.7. The molecule has 3 aromatic heterocycles. The highest BCUT2D eigenvalue weighted by molar-refractivity contribution is 7.19. The van der Waals surface area contributed by atoms with Crippen molar-refractivity contribution in [1.82, 2.24) is 29.7 Å². The molecule has 7 rings (SSSR count). The molecular weight excluding hydrogens is 949 g/mol. The second-order valence-electron chi connectivity index (χ2n) is 16.3. The van der Waals surface area contributed by atoms with Crippen LogP contribution in [0.15, 0.2) is 61.1 Å². The number of piperazine rings is 1. The fourth-order valence-electron chi connectivity index (χ4n) is 7.36. The molecule has 0 aliphatic carbocycles. The van der Waals surface area contributed by atoms with Crippen molar-refractivity contribution in [2.45, 2.75) is 58.2 Å². The number of nitrogens with zero attached hydrogens (tertiary/aromatic N) is 8. The summed E-state index contributed by atoms with van der Waals surface area (Å²) in [6.07, 6.45) is -0.542. The number of carbonyl (C=O) groups excluding carboxylic acids is 3. The third kappa shape index (κ3) is 11.7. The number of methoxy groups -OCH3 is 2. The molecule has 2 aliphatic rings. The number of ether oxygens (including phenoxy) is 2. The Balaban J connectivity index is 0.000000230. The van der Waals surface area contributed by atoms with Gasteiger partial charge in [0.15, 0.2) is 5.13 Å². The number of benzene rings is 2. The zero-order valence-electron chi connectivity index (χ0n) is 38.5. The monoisotopic (exact) mass is 1000 g/mol. The van der Waals surface area contributed by atoms with Gasteiger partial charge in [-0.2, -0.15) is 13.2 Å². The Labute approximate surface area is 406 Å². The Morgan fingerprint density at radius 2 is 1.59 bits per heavy atom. The van der Waals surface area contributed by atoms with Gasteiger partial charge in [0, 0.05) is 69.5 Å². The van der Waals surface area contributed by atoms with Gasteiger partial charge in [0.1, 0.15) is 51.0 Å². The van der Waals surface area contributed by atoms with Crippen molar-refractivity contribution in [3.05, 3.63) is 82.5 Å². The van der Waals surface area contributed by atoms with Gasteiger partial charge in [-0.15, -0.1) is 0 Å². The zero-order chi connectivity index (χ0) is 49.5. The first-order valence-electron chi connectivity index (χ1n) is 21.4. The Morgan fingerprint density at radius 1 is 0.926 bits per heavy atom. The van der Waals surface area contributed by atoms with Crippen LogP contribution in [0, 0.1) is 6.92 Å². The third-order valence-corrected chi connectivity index (χ3v) is 13.5. The molecule has 2 saturated heterocycles. The van der Waals surface area contributed by atoms with E-state index in [0.29, 0.717) is 58.7 Å². The highest BCUT2D eigenvalue weighted by Crippen LogP contribution is 2.45. The Hall–Kier alpha value is -6.16. The maximum Gasteiger partial charge on any atom is 0.399 e. The fourth-order valence-corrected chi connectivity index (χ4v) is 8.91. The van der Waals surface area contributed by atoms with E-state index in [1.807, 2.05) is 12.1 Å². The van der Waals surface area contributed by atoms with Crippen molar-refractivity contribution in [1.29, 1.82) is 0 Å². The number of primary amides is 1. The van der Waals surface area contributed by atoms with E-state index in [9.17, 15) is 27.6 Å². The molecule has 0 saturated carbocycles. The predicted octanol–water partition coefficient (Wildman–Crippen LogP) is 9.19. The van der Waals surface area contributed by atoms with Gasteiger partial charge in [-0.25, -0.2) is 24.5 Å². The maximum atomic E-state index is 13.4. The molecule has 0 radical (unpaired) electrons. The largest absolute Gasteiger partial charge is 0.495 e. The van der Waals surface area contributed by atoms with E-state index in [4.69, 9.17) is 38.4 Å². The minimum Gasteiger partial charge on any atom is -0.495 e. The number of anilines is 6. The van der Waals surface area contributed by atoms with E-state index in [1.165, 1.54) is 48.3 Å². The molecular formula is C45H53Cl2F3N12O5S. The lowest BCUT2D eigenvalue weighted by atomic mass is 9.87. The lowest BCUT2D eigenvalue weighted by Crippen LogP contribution is -2.46. The van der Waals surface area contributed by atoms with E-state index in [-0.39, 0.29) is 26.6 Å². The number of urea groups is 2. The normalized spacial score (nSPS) is 15.3. The van der Waals surface area contributed by atoms with E-state index in [0.717, 1.165) is 63.6 Å². The quantitative estimate of drug-likeness (QED) is 0.0927. The van der Waals surface area contributed by atoms with Gasteiger partial charge in [0.2, 0.25) is 5.91 Å². The van der Waals surface area contributed by atoms with Gasteiger partial charge < -0.3 is 40.5 Å². The standard InChI is InChI=1S/C26H31Cl2N7O3.C19H22F3N5O2S/c1-5-34-10-12-35(13-11-34)18-8-6-17(7-9-18)31-21-15-22(30-16-29-21)33(2)26(36)32-25-23(27)19(37-3)14-20(38-4)24(25)28;1-10-14(11-6-7-24-13(9-11)18(2,3)19(20,21)22)30-16(25-10)26-17(29)27-8-4-5-12(27)15(23)28/h6-9,14-16H,5,10-13H2,1-4H3,(H,32,36)(H,29,30,31);6-7,9,12H,4-5,8H2,1-3H3,(H2,23,28)(H,25,26,29)/t;12-/m.0/s1. The molecule has 0 bridgehead atoms. The minimum atomic E-state index is -4.45. The van der Waals surface area contributed by atoms with Crippen LogP contribution in [0.4, 0.5) is 56.6 Å². The van der Waals surface area contributed by atoms with Crippen LogP contribution in [0.25, 0.3) is 10.4 Å². The fraction of sp³-hybridized carbons (Fsp3) is 0.400. The molecule has 68 heavy (non-hydrogen) atoms. The van der Waals surface area contributed by atoms with Crippen LogP contribution in [-0.4, -0.2) is 120 Å². The van der Waals surface area contributed by atoms with Gasteiger partial charge in [-0.3, -0.25) is 20.0 Å². The number of hydrogen-bond acceptors (Lipinski definition) is 13. The second kappa shape index (κ2) is 21.9. The van der Waals surface area contributed by atoms with Crippen LogP contribution in [0.2, 0.25) is 10.0 Å². The van der Waals surface area contributed by atoms with Crippen molar-refractivity contribution in [3.8, 4) is 21.9 Å². The molecule has 5 aromatic rings. The smallest absolute Gasteiger partial charge is 0.399 e. The van der Waals surface area contributed by atoms with Crippen LogP contribution in [0.1, 0.15) is 45.0 Å². The number of likely N-dealkylation sites (tertiary alicyclic amines) is 1. The molecule has 23 heteroatoms. The number of amides is 5. The minimum absolute atomic E-state index is 0.104. The van der Waals surface area contributed by atoms with E-state index in [2.05, 4.69) is 64.7 Å². The first-order valence-corrected chi connectivity index (χ1v) is 23.0. The number of halogens is 5. The van der Waals surface area contributed by atoms with Gasteiger partial charge >= 0.3 is 18.2 Å². The number of likely N-dealkylation sites (N-methyl/N-ethyl adjacent to an activating group) is 1. The maximum absolute atomic E-state index is 13.4. The van der Waals surface area contributed by atoms with Crippen molar-refractivity contribution < 1.29 is 37.0 Å². The highest BCUT2D eigenvalue weighted by atomic mass is 35.5. The molecule has 2 fully saturated rings.